The van der Waals surface area contributed by atoms with Crippen LogP contribution in [0.5, 0.6) is 0 Å². The fourth-order valence-corrected chi connectivity index (χ4v) is 1.05. The summed E-state index contributed by atoms with van der Waals surface area (Å²) in [4.78, 5) is 11.1. The molecule has 0 aliphatic rings. The largest absolute Gasteiger partial charge is 0.394 e. The standard InChI is InChI=1S/C10H12F2N2O2/c11-7-2-1-6(3-8(7)12)4-14-10(16)9(13)5-15/h1-3,9,15H,4-5,13H2,(H,14,16). The van der Waals surface area contributed by atoms with E-state index in [9.17, 15) is 13.6 Å². The number of halogens is 2. The zero-order chi connectivity index (χ0) is 12.1. The lowest BCUT2D eigenvalue weighted by Gasteiger charge is -2.09. The number of aliphatic hydroxyl groups is 1. The second kappa shape index (κ2) is 5.53. The Morgan fingerprint density at radius 1 is 1.44 bits per heavy atom. The number of nitrogens with two attached hydrogens (primary N) is 1. The third-order valence-electron chi connectivity index (χ3n) is 1.98. The Kier molecular flexibility index (Phi) is 4.33. The number of hydrogen-bond donors (Lipinski definition) is 3. The molecule has 0 bridgehead atoms. The zero-order valence-electron chi connectivity index (χ0n) is 8.41. The predicted octanol–water partition coefficient (Wildman–Crippen LogP) is -0.0994. The molecule has 0 aliphatic carbocycles. The van der Waals surface area contributed by atoms with Crippen LogP contribution in [0.25, 0.3) is 0 Å². The van der Waals surface area contributed by atoms with Gasteiger partial charge in [0.15, 0.2) is 11.6 Å². The van der Waals surface area contributed by atoms with Crippen LogP contribution in [0.2, 0.25) is 0 Å². The molecule has 6 heteroatoms. The van der Waals surface area contributed by atoms with E-state index in [2.05, 4.69) is 5.32 Å². The summed E-state index contributed by atoms with van der Waals surface area (Å²) in [5.41, 5.74) is 5.65. The number of amides is 1. The highest BCUT2D eigenvalue weighted by atomic mass is 19.2. The maximum atomic E-state index is 12.8. The van der Waals surface area contributed by atoms with Gasteiger partial charge in [0.25, 0.3) is 0 Å². The molecule has 0 aliphatic heterocycles. The molecule has 0 saturated heterocycles. The first-order chi connectivity index (χ1) is 7.54. The first-order valence-electron chi connectivity index (χ1n) is 4.62. The summed E-state index contributed by atoms with van der Waals surface area (Å²) in [5.74, 6) is -2.47. The molecule has 1 atom stereocenters. The highest BCUT2D eigenvalue weighted by molar-refractivity contribution is 5.81. The van der Waals surface area contributed by atoms with E-state index in [0.717, 1.165) is 12.1 Å². The van der Waals surface area contributed by atoms with Crippen molar-refractivity contribution in [1.29, 1.82) is 0 Å². The van der Waals surface area contributed by atoms with Crippen molar-refractivity contribution in [3.8, 4) is 0 Å². The van der Waals surface area contributed by atoms with Crippen LogP contribution in [-0.2, 0) is 11.3 Å². The molecular formula is C10H12F2N2O2. The van der Waals surface area contributed by atoms with E-state index in [0.29, 0.717) is 5.56 Å². The molecule has 1 aromatic carbocycles. The van der Waals surface area contributed by atoms with Gasteiger partial charge in [-0.05, 0) is 17.7 Å². The van der Waals surface area contributed by atoms with Gasteiger partial charge in [-0.3, -0.25) is 4.79 Å². The predicted molar refractivity (Wildman–Crippen MR) is 53.3 cm³/mol. The highest BCUT2D eigenvalue weighted by Gasteiger charge is 2.11. The van der Waals surface area contributed by atoms with Crippen molar-refractivity contribution in [1.82, 2.24) is 5.32 Å². The van der Waals surface area contributed by atoms with E-state index in [-0.39, 0.29) is 6.54 Å². The third-order valence-corrected chi connectivity index (χ3v) is 1.98. The van der Waals surface area contributed by atoms with Gasteiger partial charge < -0.3 is 16.2 Å². The summed E-state index contributed by atoms with van der Waals surface area (Å²) >= 11 is 0. The van der Waals surface area contributed by atoms with Crippen molar-refractivity contribution < 1.29 is 18.7 Å². The molecule has 0 heterocycles. The number of carbonyl (C=O) groups excluding carboxylic acids is 1. The summed E-state index contributed by atoms with van der Waals surface area (Å²) < 4.78 is 25.3. The third kappa shape index (κ3) is 3.25. The monoisotopic (exact) mass is 230 g/mol. The molecule has 0 aromatic heterocycles. The molecule has 0 radical (unpaired) electrons. The van der Waals surface area contributed by atoms with Crippen LogP contribution in [0.1, 0.15) is 5.56 Å². The van der Waals surface area contributed by atoms with Gasteiger partial charge in [-0.1, -0.05) is 6.07 Å². The van der Waals surface area contributed by atoms with E-state index in [4.69, 9.17) is 10.8 Å². The molecule has 0 saturated carbocycles. The molecule has 16 heavy (non-hydrogen) atoms. The molecule has 1 rings (SSSR count). The lowest BCUT2D eigenvalue weighted by atomic mass is 10.2. The van der Waals surface area contributed by atoms with Gasteiger partial charge in [-0.15, -0.1) is 0 Å². The fraction of sp³-hybridized carbons (Fsp3) is 0.300. The maximum Gasteiger partial charge on any atom is 0.239 e. The highest BCUT2D eigenvalue weighted by Crippen LogP contribution is 2.08. The topological polar surface area (TPSA) is 75.3 Å². The van der Waals surface area contributed by atoms with Crippen molar-refractivity contribution in [2.45, 2.75) is 12.6 Å². The number of aliphatic hydroxyl groups excluding tert-OH is 1. The minimum absolute atomic E-state index is 0.0315. The first-order valence-corrected chi connectivity index (χ1v) is 4.62. The minimum Gasteiger partial charge on any atom is -0.394 e. The van der Waals surface area contributed by atoms with Crippen LogP contribution in [0, 0.1) is 11.6 Å². The number of rotatable bonds is 4. The van der Waals surface area contributed by atoms with Gasteiger partial charge in [0.1, 0.15) is 6.04 Å². The van der Waals surface area contributed by atoms with Crippen LogP contribution in [0.15, 0.2) is 18.2 Å². The Morgan fingerprint density at radius 2 is 2.12 bits per heavy atom. The number of carbonyl (C=O) groups is 1. The molecule has 0 spiro atoms. The van der Waals surface area contributed by atoms with E-state index in [1.807, 2.05) is 0 Å². The summed E-state index contributed by atoms with van der Waals surface area (Å²) in [6, 6.07) is 2.30. The molecule has 1 unspecified atom stereocenters. The smallest absolute Gasteiger partial charge is 0.239 e. The molecule has 88 valence electrons. The van der Waals surface area contributed by atoms with E-state index >= 15 is 0 Å². The van der Waals surface area contributed by atoms with Gasteiger partial charge in [0.05, 0.1) is 6.61 Å². The van der Waals surface area contributed by atoms with Crippen molar-refractivity contribution in [3.05, 3.63) is 35.4 Å². The van der Waals surface area contributed by atoms with Crippen LogP contribution in [0.3, 0.4) is 0 Å². The second-order valence-corrected chi connectivity index (χ2v) is 3.26. The SMILES string of the molecule is NC(CO)C(=O)NCc1ccc(F)c(F)c1. The number of benzene rings is 1. The summed E-state index contributed by atoms with van der Waals surface area (Å²) in [6.45, 7) is -0.437. The number of nitrogens with one attached hydrogen (secondary N) is 1. The van der Waals surface area contributed by atoms with Gasteiger partial charge in [0, 0.05) is 6.54 Å². The first kappa shape index (κ1) is 12.5. The van der Waals surface area contributed by atoms with Crippen LogP contribution < -0.4 is 11.1 Å². The van der Waals surface area contributed by atoms with Crippen molar-refractivity contribution in [3.63, 3.8) is 0 Å². The van der Waals surface area contributed by atoms with Crippen LogP contribution in [-0.4, -0.2) is 23.7 Å². The Balaban J connectivity index is 2.55. The Labute approximate surface area is 91.1 Å². The lowest BCUT2D eigenvalue weighted by molar-refractivity contribution is -0.123. The fourth-order valence-electron chi connectivity index (χ4n) is 1.05. The molecule has 4 N–H and O–H groups in total. The number of hydrogen-bond acceptors (Lipinski definition) is 3. The maximum absolute atomic E-state index is 12.8. The minimum atomic E-state index is -1.01. The molecule has 1 aromatic rings. The summed E-state index contributed by atoms with van der Waals surface area (Å²) in [7, 11) is 0. The average Bonchev–Trinajstić information content (AvgIpc) is 2.29. The Morgan fingerprint density at radius 3 is 2.69 bits per heavy atom. The quantitative estimate of drug-likeness (QED) is 0.676. The molecule has 4 nitrogen and oxygen atoms in total. The molecular weight excluding hydrogens is 218 g/mol. The average molecular weight is 230 g/mol. The Hall–Kier alpha value is -1.53. The molecule has 1 amide bonds. The van der Waals surface area contributed by atoms with E-state index in [1.165, 1.54) is 6.07 Å². The van der Waals surface area contributed by atoms with E-state index < -0.39 is 30.2 Å². The normalized spacial score (nSPS) is 12.2. The van der Waals surface area contributed by atoms with Gasteiger partial charge >= 0.3 is 0 Å². The Bertz CT molecular complexity index is 385. The summed E-state index contributed by atoms with van der Waals surface area (Å²) in [5, 5.41) is 11.0. The summed E-state index contributed by atoms with van der Waals surface area (Å²) in [6.07, 6.45) is 0. The van der Waals surface area contributed by atoms with Gasteiger partial charge in [-0.2, -0.15) is 0 Å². The van der Waals surface area contributed by atoms with Gasteiger partial charge in [0.2, 0.25) is 5.91 Å². The zero-order valence-corrected chi connectivity index (χ0v) is 8.41. The van der Waals surface area contributed by atoms with Crippen LogP contribution in [0.4, 0.5) is 8.78 Å². The van der Waals surface area contributed by atoms with Crippen molar-refractivity contribution in [2.75, 3.05) is 6.61 Å². The van der Waals surface area contributed by atoms with Crippen molar-refractivity contribution >= 4 is 5.91 Å². The van der Waals surface area contributed by atoms with E-state index in [1.54, 1.807) is 0 Å². The lowest BCUT2D eigenvalue weighted by Crippen LogP contribution is -2.42. The molecule has 0 fully saturated rings. The van der Waals surface area contributed by atoms with Crippen molar-refractivity contribution in [2.24, 2.45) is 5.73 Å². The van der Waals surface area contributed by atoms with Crippen LogP contribution >= 0.6 is 0 Å². The van der Waals surface area contributed by atoms with Gasteiger partial charge in [-0.25, -0.2) is 8.78 Å². The second-order valence-electron chi connectivity index (χ2n) is 3.26.